The average Bonchev–Trinajstić information content (AvgIpc) is 3.27. The van der Waals surface area contributed by atoms with Crippen molar-refractivity contribution < 1.29 is 79.9 Å². The van der Waals surface area contributed by atoms with Crippen molar-refractivity contribution in [3.63, 3.8) is 0 Å². The molecule has 0 aliphatic carbocycles. The fourth-order valence-corrected chi connectivity index (χ4v) is 7.36. The zero-order valence-electron chi connectivity index (χ0n) is 40.1. The summed E-state index contributed by atoms with van der Waals surface area (Å²) >= 11 is 0. The Labute approximate surface area is 402 Å². The number of hydrogen-bond acceptors (Lipinski definition) is 15. The first-order chi connectivity index (χ1) is 32.6. The number of ketones is 4. The molecule has 0 saturated carbocycles. The highest BCUT2D eigenvalue weighted by atomic mass is 32.3. The van der Waals surface area contributed by atoms with Crippen molar-refractivity contribution >= 4 is 51.4 Å². The summed E-state index contributed by atoms with van der Waals surface area (Å²) in [5.74, 6) is -3.80. The zero-order chi connectivity index (χ0) is 50.3. The first-order valence-corrected chi connectivity index (χ1v) is 25.5. The maximum atomic E-state index is 12.5. The van der Waals surface area contributed by atoms with Crippen molar-refractivity contribution in [1.82, 2.24) is 10.6 Å². The maximum absolute atomic E-state index is 12.5. The number of carbonyl (C=O) groups is 7. The van der Waals surface area contributed by atoms with E-state index >= 15 is 0 Å². The van der Waals surface area contributed by atoms with Crippen LogP contribution in [0.25, 0.3) is 0 Å². The van der Waals surface area contributed by atoms with Gasteiger partial charge < -0.3 is 44.0 Å². The summed E-state index contributed by atoms with van der Waals surface area (Å²) in [7, 11) is -4.65. The van der Waals surface area contributed by atoms with Gasteiger partial charge in [0.25, 0.3) is 0 Å². The Bertz CT molecular complexity index is 1710. The smallest absolute Gasteiger partial charge is 0.446 e. The lowest BCUT2D eigenvalue weighted by molar-refractivity contribution is -0.144. The molecule has 1 aromatic carbocycles. The Morgan fingerprint density at radius 1 is 0.588 bits per heavy atom. The van der Waals surface area contributed by atoms with Crippen LogP contribution >= 0.6 is 0 Å². The Kier molecular flexibility index (Phi) is 36.0. The minimum absolute atomic E-state index is 0.0151. The first-order valence-electron chi connectivity index (χ1n) is 24.1. The standard InChI is InChI=1S/C48H78N2O17S/c1-38(51)45(33-39-20-23-44(24-21-39)67-68(60,61)62)50-35-43(54)37-66-31-29-63-27-16-18-42(53)36-65-32-30-64-28-26-49-46(55)25-22-40(48(58)59)34-41(52)17-14-12-10-8-6-4-2-3-5-7-9-11-13-15-19-47(56)57/h20-21,23-24,40,45,50H,2-19,22,25-37H2,1H3,(H,49,55)(H,56,57)(H,58,59)(H,60,61,62)/t40-,45+/m1/s1. The highest BCUT2D eigenvalue weighted by molar-refractivity contribution is 7.81. The van der Waals surface area contributed by atoms with Gasteiger partial charge in [-0.3, -0.25) is 38.1 Å². The molecule has 20 heteroatoms. The van der Waals surface area contributed by atoms with Crippen LogP contribution in [0.1, 0.15) is 147 Å². The van der Waals surface area contributed by atoms with Gasteiger partial charge in [-0.1, -0.05) is 89.2 Å². The van der Waals surface area contributed by atoms with E-state index < -0.39 is 34.3 Å². The van der Waals surface area contributed by atoms with E-state index in [0.717, 1.165) is 44.9 Å². The van der Waals surface area contributed by atoms with E-state index in [1.807, 2.05) is 0 Å². The van der Waals surface area contributed by atoms with Crippen LogP contribution in [0, 0.1) is 5.92 Å². The Hall–Kier alpha value is -4.18. The molecule has 0 saturated heterocycles. The van der Waals surface area contributed by atoms with Crippen molar-refractivity contribution in [2.45, 2.75) is 154 Å². The predicted molar refractivity (Wildman–Crippen MR) is 252 cm³/mol. The van der Waals surface area contributed by atoms with E-state index in [1.54, 1.807) is 0 Å². The number of carboxylic acids is 2. The van der Waals surface area contributed by atoms with Crippen molar-refractivity contribution in [2.24, 2.45) is 5.92 Å². The number of unbranched alkanes of at least 4 members (excludes halogenated alkanes) is 13. The van der Waals surface area contributed by atoms with Gasteiger partial charge in [0.1, 0.15) is 30.5 Å². The number of amides is 1. The van der Waals surface area contributed by atoms with Gasteiger partial charge in [-0.25, -0.2) is 0 Å². The molecule has 2 atom stereocenters. The molecule has 0 aliphatic rings. The molecule has 0 heterocycles. The van der Waals surface area contributed by atoms with Crippen LogP contribution in [0.2, 0.25) is 0 Å². The molecule has 0 unspecified atom stereocenters. The molecular weight excluding hydrogens is 909 g/mol. The average molecular weight is 987 g/mol. The molecule has 0 fully saturated rings. The monoisotopic (exact) mass is 987 g/mol. The third kappa shape index (κ3) is 37.8. The minimum Gasteiger partial charge on any atom is -0.481 e. The second-order valence-electron chi connectivity index (χ2n) is 16.9. The SMILES string of the molecule is CC(=O)[C@H](Cc1ccc(OS(=O)(=O)O)cc1)NCC(=O)COCCOCCCC(=O)COCCOCCNC(=O)CC[C@H](CC(=O)CCCCCCCCCCCCCCCCC(=O)O)C(=O)O. The van der Waals surface area contributed by atoms with Crippen molar-refractivity contribution in [3.05, 3.63) is 29.8 Å². The third-order valence-electron chi connectivity index (χ3n) is 10.8. The molecule has 68 heavy (non-hydrogen) atoms. The Balaban J connectivity index is 1.98. The molecule has 0 bridgehead atoms. The summed E-state index contributed by atoms with van der Waals surface area (Å²) in [5.41, 5.74) is 0.673. The Morgan fingerprint density at radius 2 is 1.09 bits per heavy atom. The van der Waals surface area contributed by atoms with Crippen molar-refractivity contribution in [3.8, 4) is 5.75 Å². The molecule has 0 aliphatic heterocycles. The van der Waals surface area contributed by atoms with Crippen molar-refractivity contribution in [2.75, 3.05) is 65.9 Å². The highest BCUT2D eigenvalue weighted by Crippen LogP contribution is 2.18. The number of carbonyl (C=O) groups excluding carboxylic acids is 5. The first kappa shape index (κ1) is 61.8. The van der Waals surface area contributed by atoms with Crippen LogP contribution in [0.15, 0.2) is 24.3 Å². The number of ether oxygens (including phenoxy) is 4. The van der Waals surface area contributed by atoms with E-state index in [1.165, 1.54) is 76.1 Å². The summed E-state index contributed by atoms with van der Waals surface area (Å²) in [6.45, 7) is 2.49. The molecule has 5 N–H and O–H groups in total. The van der Waals surface area contributed by atoms with Crippen LogP contribution in [-0.2, 0) is 69.3 Å². The van der Waals surface area contributed by atoms with Gasteiger partial charge in [-0.05, 0) is 56.7 Å². The number of benzene rings is 1. The van der Waals surface area contributed by atoms with E-state index in [9.17, 15) is 47.1 Å². The quantitative estimate of drug-likeness (QED) is 0.0379. The van der Waals surface area contributed by atoms with Crippen LogP contribution < -0.4 is 14.8 Å². The van der Waals surface area contributed by atoms with E-state index in [0.29, 0.717) is 25.0 Å². The van der Waals surface area contributed by atoms with Gasteiger partial charge in [0, 0.05) is 45.3 Å². The van der Waals surface area contributed by atoms with Crippen LogP contribution in [-0.4, -0.2) is 136 Å². The van der Waals surface area contributed by atoms with Gasteiger partial charge in [-0.2, -0.15) is 8.42 Å². The third-order valence-corrected chi connectivity index (χ3v) is 11.2. The fraction of sp³-hybridized carbons (Fsp3) is 0.729. The van der Waals surface area contributed by atoms with Crippen molar-refractivity contribution in [1.29, 1.82) is 0 Å². The summed E-state index contributed by atoms with van der Waals surface area (Å²) < 4.78 is 56.4. The molecule has 1 rings (SSSR count). The van der Waals surface area contributed by atoms with Crippen LogP contribution in [0.5, 0.6) is 5.75 Å². The lowest BCUT2D eigenvalue weighted by atomic mass is 9.94. The number of nitrogens with one attached hydrogen (secondary N) is 2. The summed E-state index contributed by atoms with van der Waals surface area (Å²) in [5, 5.41) is 23.8. The molecular formula is C48H78N2O17S. The number of carboxylic acid groups (broad SMARTS) is 2. The van der Waals surface area contributed by atoms with Gasteiger partial charge in [-0.15, -0.1) is 0 Å². The molecule has 0 radical (unpaired) electrons. The van der Waals surface area contributed by atoms with Gasteiger partial charge in [0.15, 0.2) is 11.6 Å². The Morgan fingerprint density at radius 3 is 1.62 bits per heavy atom. The van der Waals surface area contributed by atoms with Gasteiger partial charge in [0.2, 0.25) is 5.91 Å². The second kappa shape index (κ2) is 39.6. The van der Waals surface area contributed by atoms with Crippen LogP contribution in [0.4, 0.5) is 0 Å². The molecule has 1 amide bonds. The predicted octanol–water partition coefficient (Wildman–Crippen LogP) is 5.83. The zero-order valence-corrected chi connectivity index (χ0v) is 40.9. The largest absolute Gasteiger partial charge is 0.481 e. The second-order valence-corrected chi connectivity index (χ2v) is 17.9. The van der Waals surface area contributed by atoms with Gasteiger partial charge in [0.05, 0.1) is 51.5 Å². The molecule has 0 spiro atoms. The van der Waals surface area contributed by atoms with Crippen LogP contribution in [0.3, 0.4) is 0 Å². The summed E-state index contributed by atoms with van der Waals surface area (Å²) in [6.07, 6.45) is 16.7. The topological polar surface area (TPSA) is 285 Å². The lowest BCUT2D eigenvalue weighted by Crippen LogP contribution is -2.41. The fourth-order valence-electron chi connectivity index (χ4n) is 7.01. The molecule has 1 aromatic rings. The normalized spacial score (nSPS) is 12.3. The maximum Gasteiger partial charge on any atom is 0.446 e. The molecule has 19 nitrogen and oxygen atoms in total. The van der Waals surface area contributed by atoms with E-state index in [4.69, 9.17) is 28.6 Å². The highest BCUT2D eigenvalue weighted by Gasteiger charge is 2.22. The number of aliphatic carboxylic acids is 2. The lowest BCUT2D eigenvalue weighted by Gasteiger charge is -2.16. The number of Topliss-reactive ketones (excluding diaryl/α,β-unsaturated/α-hetero) is 4. The number of rotatable bonds is 48. The number of hydrogen-bond donors (Lipinski definition) is 5. The minimum atomic E-state index is -4.65. The van der Waals surface area contributed by atoms with Gasteiger partial charge >= 0.3 is 22.3 Å². The summed E-state index contributed by atoms with van der Waals surface area (Å²) in [4.78, 5) is 83.4. The summed E-state index contributed by atoms with van der Waals surface area (Å²) in [6, 6.07) is 5.06. The van der Waals surface area contributed by atoms with E-state index in [2.05, 4.69) is 14.8 Å². The molecule has 0 aromatic heterocycles. The van der Waals surface area contributed by atoms with E-state index in [-0.39, 0.29) is 133 Å². The molecule has 388 valence electrons.